The number of carbonyl (C=O) groups is 2. The predicted octanol–water partition coefficient (Wildman–Crippen LogP) is 2.31. The Hall–Kier alpha value is -3.47. The summed E-state index contributed by atoms with van der Waals surface area (Å²) in [4.78, 5) is 28.3. The summed E-state index contributed by atoms with van der Waals surface area (Å²) in [5.74, 6) is -3.81. The summed E-state index contributed by atoms with van der Waals surface area (Å²) in [5.41, 5.74) is 0. The first-order valence-corrected chi connectivity index (χ1v) is 11.4. The summed E-state index contributed by atoms with van der Waals surface area (Å²) in [7, 11) is 0. The molecule has 11 heteroatoms. The Balaban J connectivity index is 1.67. The van der Waals surface area contributed by atoms with Crippen LogP contribution in [0.15, 0.2) is 36.2 Å². The zero-order valence-electron chi connectivity index (χ0n) is 19.9. The molecule has 190 valence electrons. The van der Waals surface area contributed by atoms with Gasteiger partial charge in [0.25, 0.3) is 11.8 Å². The highest BCUT2D eigenvalue weighted by molar-refractivity contribution is 6.07. The molecule has 0 spiro atoms. The number of carbonyl (C=O) groups excluding carboxylic acids is 2. The Morgan fingerprint density at radius 2 is 2.09 bits per heavy atom. The maximum absolute atomic E-state index is 14.7. The second-order valence-electron chi connectivity index (χ2n) is 8.59. The fourth-order valence-electron chi connectivity index (χ4n) is 3.93. The Bertz CT molecular complexity index is 1040. The summed E-state index contributed by atoms with van der Waals surface area (Å²) in [6.07, 6.45) is 4.57. The number of halogens is 2. The highest BCUT2D eigenvalue weighted by atomic mass is 19.1. The molecule has 3 rings (SSSR count). The van der Waals surface area contributed by atoms with Gasteiger partial charge in [-0.15, -0.1) is 0 Å². The maximum Gasteiger partial charge on any atom is 0.251 e. The Morgan fingerprint density at radius 1 is 1.34 bits per heavy atom. The Morgan fingerprint density at radius 3 is 2.77 bits per heavy atom. The number of likely N-dealkylation sites (tertiary alicyclic amines) is 1. The zero-order valence-corrected chi connectivity index (χ0v) is 19.9. The van der Waals surface area contributed by atoms with Crippen LogP contribution in [0.1, 0.15) is 33.6 Å². The summed E-state index contributed by atoms with van der Waals surface area (Å²) in [6, 6.07) is 1.01. The molecule has 35 heavy (non-hydrogen) atoms. The first-order valence-electron chi connectivity index (χ1n) is 11.4. The second-order valence-corrected chi connectivity index (χ2v) is 8.59. The molecule has 1 aromatic rings. The topological polar surface area (TPSA) is 115 Å². The van der Waals surface area contributed by atoms with E-state index in [0.29, 0.717) is 19.4 Å². The number of ether oxygens (including phenoxy) is 2. The fraction of sp³-hybridized carbons (Fsp3) is 0.458. The number of hydrogen-bond donors (Lipinski definition) is 3. The van der Waals surface area contributed by atoms with Gasteiger partial charge < -0.3 is 24.8 Å². The van der Waals surface area contributed by atoms with Crippen molar-refractivity contribution in [3.8, 4) is 11.5 Å². The van der Waals surface area contributed by atoms with E-state index in [1.165, 1.54) is 22.1 Å². The number of aliphatic hydroxyl groups is 1. The highest BCUT2D eigenvalue weighted by Gasteiger charge is 2.45. The van der Waals surface area contributed by atoms with Gasteiger partial charge in [-0.05, 0) is 51.8 Å². The fourth-order valence-corrected chi connectivity index (χ4v) is 3.93. The third-order valence-electron chi connectivity index (χ3n) is 5.50. The normalized spacial score (nSPS) is 20.3. The first-order chi connectivity index (χ1) is 16.6. The quantitative estimate of drug-likeness (QED) is 0.262. The number of amidine groups is 1. The van der Waals surface area contributed by atoms with Gasteiger partial charge in [0.05, 0.1) is 12.6 Å². The van der Waals surface area contributed by atoms with E-state index in [2.05, 4.69) is 5.32 Å². The predicted molar refractivity (Wildman–Crippen MR) is 124 cm³/mol. The van der Waals surface area contributed by atoms with E-state index in [-0.39, 0.29) is 42.6 Å². The van der Waals surface area contributed by atoms with Crippen molar-refractivity contribution in [2.45, 2.75) is 51.8 Å². The van der Waals surface area contributed by atoms with Crippen LogP contribution in [-0.4, -0.2) is 70.4 Å². The van der Waals surface area contributed by atoms with Crippen LogP contribution < -0.4 is 14.8 Å². The molecule has 0 radical (unpaired) electrons. The molecule has 3 N–H and O–H groups in total. The zero-order chi connectivity index (χ0) is 25.7. The summed E-state index contributed by atoms with van der Waals surface area (Å²) >= 11 is 0. The van der Waals surface area contributed by atoms with E-state index in [9.17, 15) is 18.4 Å². The molecule has 0 bridgehead atoms. The molecule has 2 aliphatic heterocycles. The maximum atomic E-state index is 14.7. The van der Waals surface area contributed by atoms with Crippen LogP contribution in [0, 0.1) is 17.0 Å². The molecule has 2 atom stereocenters. The molecule has 1 aromatic carbocycles. The van der Waals surface area contributed by atoms with Crippen LogP contribution in [0.2, 0.25) is 0 Å². The smallest absolute Gasteiger partial charge is 0.251 e. The molecule has 0 aliphatic carbocycles. The van der Waals surface area contributed by atoms with Crippen molar-refractivity contribution in [1.82, 2.24) is 15.1 Å². The minimum atomic E-state index is -1.02. The SMILES string of the molecule is CC(C)Oc1ccc(F)c(OC2=CC(=O)N([C@H]3CC(C)N(C(=N)/C=C\NCCCO)C3=O)C2)c1F. The summed E-state index contributed by atoms with van der Waals surface area (Å²) < 4.78 is 39.8. The lowest BCUT2D eigenvalue weighted by Gasteiger charge is -2.23. The molecule has 1 saturated heterocycles. The van der Waals surface area contributed by atoms with Crippen molar-refractivity contribution in [3.63, 3.8) is 0 Å². The number of nitrogens with zero attached hydrogens (tertiary/aromatic N) is 2. The van der Waals surface area contributed by atoms with E-state index in [1.54, 1.807) is 20.8 Å². The van der Waals surface area contributed by atoms with Gasteiger partial charge in [0.1, 0.15) is 17.6 Å². The van der Waals surface area contributed by atoms with Gasteiger partial charge in [0, 0.05) is 31.5 Å². The van der Waals surface area contributed by atoms with Gasteiger partial charge in [-0.2, -0.15) is 4.39 Å². The summed E-state index contributed by atoms with van der Waals surface area (Å²) in [5, 5.41) is 19.9. The monoisotopic (exact) mass is 492 g/mol. The molecular weight excluding hydrogens is 462 g/mol. The van der Waals surface area contributed by atoms with E-state index in [1.807, 2.05) is 0 Å². The number of hydrogen-bond acceptors (Lipinski definition) is 7. The van der Waals surface area contributed by atoms with Crippen molar-refractivity contribution in [2.24, 2.45) is 0 Å². The lowest BCUT2D eigenvalue weighted by molar-refractivity contribution is -0.136. The molecule has 1 unspecified atom stereocenters. The first kappa shape index (κ1) is 26.1. The second kappa shape index (κ2) is 11.3. The van der Waals surface area contributed by atoms with Crippen molar-refractivity contribution < 1.29 is 33.0 Å². The van der Waals surface area contributed by atoms with Crippen LogP contribution in [0.5, 0.6) is 11.5 Å². The number of amides is 2. The minimum Gasteiger partial charge on any atom is -0.488 e. The third-order valence-corrected chi connectivity index (χ3v) is 5.50. The number of benzene rings is 1. The lowest BCUT2D eigenvalue weighted by Crippen LogP contribution is -2.44. The highest BCUT2D eigenvalue weighted by Crippen LogP contribution is 2.33. The third kappa shape index (κ3) is 5.97. The Labute approximate surface area is 202 Å². The van der Waals surface area contributed by atoms with Crippen LogP contribution in [0.25, 0.3) is 0 Å². The molecule has 2 amide bonds. The molecule has 2 heterocycles. The van der Waals surface area contributed by atoms with Gasteiger partial charge in [0.2, 0.25) is 11.6 Å². The van der Waals surface area contributed by atoms with Crippen LogP contribution >= 0.6 is 0 Å². The molecule has 0 aromatic heterocycles. The molecule has 9 nitrogen and oxygen atoms in total. The van der Waals surface area contributed by atoms with E-state index in [4.69, 9.17) is 20.0 Å². The van der Waals surface area contributed by atoms with Gasteiger partial charge in [-0.25, -0.2) is 4.39 Å². The standard InChI is InChI=1S/C24H30F2N4O5/c1-14(2)34-19-6-5-17(25)23(22(19)26)35-16-12-21(32)29(13-16)18-11-15(3)30(24(18)33)20(27)7-9-28-8-4-10-31/h5-7,9,12,14-15,18,27-28,31H,4,8,10-11,13H2,1-3H3/b9-7-,27-20?/t15?,18-/m0/s1. The van der Waals surface area contributed by atoms with Gasteiger partial charge in [-0.1, -0.05) is 0 Å². The minimum absolute atomic E-state index is 0.00328. The van der Waals surface area contributed by atoms with Gasteiger partial charge in [0.15, 0.2) is 11.6 Å². The van der Waals surface area contributed by atoms with Crippen molar-refractivity contribution >= 4 is 17.6 Å². The number of rotatable bonds is 10. The molecule has 0 saturated carbocycles. The van der Waals surface area contributed by atoms with Gasteiger partial charge in [-0.3, -0.25) is 19.9 Å². The van der Waals surface area contributed by atoms with E-state index < -0.39 is 35.2 Å². The molecule has 2 aliphatic rings. The van der Waals surface area contributed by atoms with Crippen LogP contribution in [-0.2, 0) is 9.59 Å². The van der Waals surface area contributed by atoms with Crippen molar-refractivity contribution in [2.75, 3.05) is 19.7 Å². The lowest BCUT2D eigenvalue weighted by atomic mass is 10.1. The van der Waals surface area contributed by atoms with Crippen molar-refractivity contribution in [1.29, 1.82) is 5.41 Å². The van der Waals surface area contributed by atoms with E-state index in [0.717, 1.165) is 18.2 Å². The van der Waals surface area contributed by atoms with E-state index >= 15 is 0 Å². The number of aliphatic hydroxyl groups excluding tert-OH is 1. The average Bonchev–Trinajstić information content (AvgIpc) is 3.30. The van der Waals surface area contributed by atoms with Crippen molar-refractivity contribution in [3.05, 3.63) is 47.9 Å². The molecular formula is C24H30F2N4O5. The average molecular weight is 493 g/mol. The van der Waals surface area contributed by atoms with Gasteiger partial charge >= 0.3 is 0 Å². The largest absolute Gasteiger partial charge is 0.488 e. The van der Waals surface area contributed by atoms with Crippen LogP contribution in [0.4, 0.5) is 8.78 Å². The number of nitrogens with one attached hydrogen (secondary N) is 2. The summed E-state index contributed by atoms with van der Waals surface area (Å²) in [6.45, 7) is 5.60. The molecule has 1 fully saturated rings. The Kier molecular flexibility index (Phi) is 8.44. The van der Waals surface area contributed by atoms with Crippen LogP contribution in [0.3, 0.4) is 0 Å².